The minimum absolute atomic E-state index is 0.0158. The highest BCUT2D eigenvalue weighted by Crippen LogP contribution is 2.37. The molecule has 4 aromatic rings. The number of benzene rings is 1. The second-order valence-corrected chi connectivity index (χ2v) is 8.61. The first-order valence-electron chi connectivity index (χ1n) is 10.4. The summed E-state index contributed by atoms with van der Waals surface area (Å²) < 4.78 is 5.60. The zero-order valence-corrected chi connectivity index (χ0v) is 18.1. The molecular formula is C24H24N4O2S. The SMILES string of the molecule is Cc1[nH]c2ccc(NC(=O)c3cccs3)cc2c1C(c1ccccn1)N1CCOCC1. The van der Waals surface area contributed by atoms with Gasteiger partial charge in [0, 0.05) is 47.1 Å². The van der Waals surface area contributed by atoms with E-state index in [-0.39, 0.29) is 11.9 Å². The molecule has 0 saturated carbocycles. The number of aromatic nitrogens is 2. The van der Waals surface area contributed by atoms with Gasteiger partial charge in [-0.2, -0.15) is 0 Å². The Hall–Kier alpha value is -3.00. The van der Waals surface area contributed by atoms with Crippen molar-refractivity contribution in [2.24, 2.45) is 0 Å². The van der Waals surface area contributed by atoms with Gasteiger partial charge in [-0.3, -0.25) is 14.7 Å². The van der Waals surface area contributed by atoms with E-state index in [1.54, 1.807) is 0 Å². The summed E-state index contributed by atoms with van der Waals surface area (Å²) in [5, 5.41) is 6.05. The van der Waals surface area contributed by atoms with E-state index in [4.69, 9.17) is 9.72 Å². The molecule has 0 radical (unpaired) electrons. The quantitative estimate of drug-likeness (QED) is 0.483. The van der Waals surface area contributed by atoms with Gasteiger partial charge in [-0.15, -0.1) is 11.3 Å². The maximum absolute atomic E-state index is 12.6. The summed E-state index contributed by atoms with van der Waals surface area (Å²) in [5.74, 6) is -0.0855. The Morgan fingerprint density at radius 3 is 2.81 bits per heavy atom. The number of amides is 1. The van der Waals surface area contributed by atoms with E-state index in [2.05, 4.69) is 34.3 Å². The lowest BCUT2D eigenvalue weighted by molar-refractivity contribution is 0.0234. The summed E-state index contributed by atoms with van der Waals surface area (Å²) in [6, 6.07) is 15.8. The maximum atomic E-state index is 12.6. The Kier molecular flexibility index (Phi) is 5.55. The lowest BCUT2D eigenvalue weighted by Crippen LogP contribution is -2.40. The van der Waals surface area contributed by atoms with Crippen molar-refractivity contribution in [2.75, 3.05) is 31.6 Å². The molecule has 0 aliphatic carbocycles. The number of anilines is 1. The number of aromatic amines is 1. The summed E-state index contributed by atoms with van der Waals surface area (Å²) in [4.78, 5) is 23.9. The van der Waals surface area contributed by atoms with Gasteiger partial charge in [0.15, 0.2) is 0 Å². The van der Waals surface area contributed by atoms with E-state index in [1.165, 1.54) is 16.9 Å². The molecule has 6 nitrogen and oxygen atoms in total. The molecule has 1 aliphatic heterocycles. The topological polar surface area (TPSA) is 70.2 Å². The van der Waals surface area contributed by atoms with Gasteiger partial charge >= 0.3 is 0 Å². The standard InChI is InChI=1S/C24H24N4O2S/c1-16-22(23(20-5-2-3-9-25-20)28-10-12-30-13-11-28)18-15-17(7-8-19(18)26-16)27-24(29)21-6-4-14-31-21/h2-9,14-15,23,26H,10-13H2,1H3,(H,27,29). The first-order valence-corrected chi connectivity index (χ1v) is 11.3. The second kappa shape index (κ2) is 8.63. The Balaban J connectivity index is 1.58. The van der Waals surface area contributed by atoms with Crippen LogP contribution in [0.3, 0.4) is 0 Å². The van der Waals surface area contributed by atoms with Gasteiger partial charge in [0.25, 0.3) is 5.91 Å². The number of carbonyl (C=O) groups is 1. The highest BCUT2D eigenvalue weighted by atomic mass is 32.1. The average molecular weight is 433 g/mol. The smallest absolute Gasteiger partial charge is 0.265 e. The first-order chi connectivity index (χ1) is 15.2. The number of carbonyl (C=O) groups excluding carboxylic acids is 1. The molecule has 1 atom stereocenters. The Morgan fingerprint density at radius 2 is 2.06 bits per heavy atom. The molecule has 1 unspecified atom stereocenters. The summed E-state index contributed by atoms with van der Waals surface area (Å²) in [6.45, 7) is 5.24. The monoisotopic (exact) mass is 432 g/mol. The number of fused-ring (bicyclic) bond motifs is 1. The van der Waals surface area contributed by atoms with Crippen molar-refractivity contribution in [3.8, 4) is 0 Å². The van der Waals surface area contributed by atoms with Gasteiger partial charge < -0.3 is 15.0 Å². The number of rotatable bonds is 5. The van der Waals surface area contributed by atoms with Crippen molar-refractivity contribution in [1.82, 2.24) is 14.9 Å². The summed E-state index contributed by atoms with van der Waals surface area (Å²) in [5.41, 5.74) is 5.16. The predicted octanol–water partition coefficient (Wildman–Crippen LogP) is 4.61. The van der Waals surface area contributed by atoms with Crippen molar-refractivity contribution in [3.05, 3.63) is 81.9 Å². The number of nitrogens with zero attached hydrogens (tertiary/aromatic N) is 2. The van der Waals surface area contributed by atoms with Crippen LogP contribution in [-0.4, -0.2) is 47.1 Å². The Labute approximate surface area is 184 Å². The number of morpholine rings is 1. The number of H-pyrrole nitrogens is 1. The first kappa shape index (κ1) is 19.9. The number of hydrogen-bond acceptors (Lipinski definition) is 5. The van der Waals surface area contributed by atoms with E-state index in [0.717, 1.165) is 41.1 Å². The number of aryl methyl sites for hydroxylation is 1. The van der Waals surface area contributed by atoms with E-state index in [9.17, 15) is 4.79 Å². The molecule has 3 aromatic heterocycles. The fraction of sp³-hybridized carbons (Fsp3) is 0.250. The van der Waals surface area contributed by atoms with Gasteiger partial charge in [0.05, 0.1) is 29.8 Å². The van der Waals surface area contributed by atoms with Crippen molar-refractivity contribution in [1.29, 1.82) is 0 Å². The normalized spacial score (nSPS) is 15.8. The molecule has 1 aromatic carbocycles. The molecule has 31 heavy (non-hydrogen) atoms. The molecule has 0 bridgehead atoms. The molecule has 158 valence electrons. The van der Waals surface area contributed by atoms with Crippen LogP contribution in [0.2, 0.25) is 0 Å². The molecule has 4 heterocycles. The molecule has 1 amide bonds. The highest BCUT2D eigenvalue weighted by Gasteiger charge is 2.29. The van der Waals surface area contributed by atoms with E-state index >= 15 is 0 Å². The average Bonchev–Trinajstić information content (AvgIpc) is 3.44. The summed E-state index contributed by atoms with van der Waals surface area (Å²) in [6.07, 6.45) is 1.85. The van der Waals surface area contributed by atoms with E-state index in [0.29, 0.717) is 18.1 Å². The third-order valence-electron chi connectivity index (χ3n) is 5.69. The van der Waals surface area contributed by atoms with E-state index < -0.39 is 0 Å². The Morgan fingerprint density at radius 1 is 1.19 bits per heavy atom. The molecule has 0 spiro atoms. The summed E-state index contributed by atoms with van der Waals surface area (Å²) in [7, 11) is 0. The number of hydrogen-bond donors (Lipinski definition) is 2. The van der Waals surface area contributed by atoms with Crippen LogP contribution in [0.5, 0.6) is 0 Å². The van der Waals surface area contributed by atoms with Gasteiger partial charge in [0.2, 0.25) is 0 Å². The summed E-state index contributed by atoms with van der Waals surface area (Å²) >= 11 is 1.44. The lowest BCUT2D eigenvalue weighted by Gasteiger charge is -2.34. The van der Waals surface area contributed by atoms with Crippen LogP contribution in [-0.2, 0) is 4.74 Å². The van der Waals surface area contributed by atoms with Crippen LogP contribution < -0.4 is 5.32 Å². The molecule has 1 fully saturated rings. The van der Waals surface area contributed by atoms with Crippen molar-refractivity contribution >= 4 is 33.8 Å². The molecular weight excluding hydrogens is 408 g/mol. The lowest BCUT2D eigenvalue weighted by atomic mass is 9.97. The number of thiophene rings is 1. The molecule has 1 saturated heterocycles. The Bertz CT molecular complexity index is 1180. The van der Waals surface area contributed by atoms with Crippen LogP contribution in [0, 0.1) is 6.92 Å². The molecule has 7 heteroatoms. The zero-order chi connectivity index (χ0) is 21.2. The van der Waals surface area contributed by atoms with Crippen LogP contribution in [0.4, 0.5) is 5.69 Å². The van der Waals surface area contributed by atoms with E-state index in [1.807, 2.05) is 48.0 Å². The van der Waals surface area contributed by atoms with Gasteiger partial charge in [0.1, 0.15) is 0 Å². The maximum Gasteiger partial charge on any atom is 0.265 e. The van der Waals surface area contributed by atoms with Crippen molar-refractivity contribution < 1.29 is 9.53 Å². The second-order valence-electron chi connectivity index (χ2n) is 7.66. The predicted molar refractivity (Wildman–Crippen MR) is 124 cm³/mol. The highest BCUT2D eigenvalue weighted by molar-refractivity contribution is 7.12. The van der Waals surface area contributed by atoms with Crippen molar-refractivity contribution in [3.63, 3.8) is 0 Å². The van der Waals surface area contributed by atoms with Gasteiger partial charge in [-0.25, -0.2) is 0 Å². The third kappa shape index (κ3) is 3.99. The molecule has 2 N–H and O–H groups in total. The fourth-order valence-corrected chi connectivity index (χ4v) is 4.89. The van der Waals surface area contributed by atoms with Crippen LogP contribution in [0.15, 0.2) is 60.1 Å². The molecule has 5 rings (SSSR count). The number of pyridine rings is 1. The van der Waals surface area contributed by atoms with Crippen LogP contribution in [0.1, 0.15) is 32.7 Å². The minimum Gasteiger partial charge on any atom is -0.379 e. The van der Waals surface area contributed by atoms with Gasteiger partial charge in [-0.1, -0.05) is 12.1 Å². The number of nitrogens with one attached hydrogen (secondary N) is 2. The fourth-order valence-electron chi connectivity index (χ4n) is 4.27. The van der Waals surface area contributed by atoms with Crippen LogP contribution >= 0.6 is 11.3 Å². The van der Waals surface area contributed by atoms with Crippen LogP contribution in [0.25, 0.3) is 10.9 Å². The van der Waals surface area contributed by atoms with Gasteiger partial charge in [-0.05, 0) is 48.7 Å². The third-order valence-corrected chi connectivity index (χ3v) is 6.56. The minimum atomic E-state index is -0.0855. The molecule has 1 aliphatic rings. The largest absolute Gasteiger partial charge is 0.379 e. The number of ether oxygens (including phenoxy) is 1. The van der Waals surface area contributed by atoms with Crippen molar-refractivity contribution in [2.45, 2.75) is 13.0 Å². The zero-order valence-electron chi connectivity index (χ0n) is 17.3.